The van der Waals surface area contributed by atoms with Gasteiger partial charge in [-0.15, -0.1) is 0 Å². The van der Waals surface area contributed by atoms with Crippen molar-refractivity contribution in [3.8, 4) is 0 Å². The topological polar surface area (TPSA) is 69.2 Å². The van der Waals surface area contributed by atoms with Crippen LogP contribution in [0.2, 0.25) is 0 Å². The molecule has 0 amide bonds. The molecule has 3 heterocycles. The maximum atomic E-state index is 7.41. The molecule has 2 aliphatic heterocycles. The molecule has 1 aromatic rings. The number of hydrogen-bond acceptors (Lipinski definition) is 4. The summed E-state index contributed by atoms with van der Waals surface area (Å²) in [6.45, 7) is 3.41. The van der Waals surface area contributed by atoms with Gasteiger partial charge in [0.15, 0.2) is 0 Å². The Bertz CT molecular complexity index is 484. The van der Waals surface area contributed by atoms with Gasteiger partial charge < -0.3 is 15.5 Å². The molecule has 20 heavy (non-hydrogen) atoms. The van der Waals surface area contributed by atoms with E-state index in [1.807, 2.05) is 12.1 Å². The van der Waals surface area contributed by atoms with Crippen LogP contribution in [0, 0.1) is 11.3 Å². The van der Waals surface area contributed by atoms with E-state index in [0.29, 0.717) is 5.56 Å². The van der Waals surface area contributed by atoms with E-state index in [1.165, 1.54) is 25.8 Å². The molecular formula is C15H23N5. The van der Waals surface area contributed by atoms with Crippen molar-refractivity contribution >= 4 is 11.7 Å². The van der Waals surface area contributed by atoms with Gasteiger partial charge in [0.2, 0.25) is 0 Å². The second-order valence-electron chi connectivity index (χ2n) is 6.00. The second kappa shape index (κ2) is 5.40. The lowest BCUT2D eigenvalue weighted by Gasteiger charge is -2.46. The average molecular weight is 273 g/mol. The number of nitrogen functional groups attached to an aromatic ring is 1. The number of rotatable bonds is 2. The molecule has 3 rings (SSSR count). The van der Waals surface area contributed by atoms with Gasteiger partial charge >= 0.3 is 0 Å². The molecular weight excluding hydrogens is 250 g/mol. The summed E-state index contributed by atoms with van der Waals surface area (Å²) >= 11 is 0. The third kappa shape index (κ3) is 2.50. The summed E-state index contributed by atoms with van der Waals surface area (Å²) in [6, 6.07) is 4.63. The van der Waals surface area contributed by atoms with E-state index in [4.69, 9.17) is 11.1 Å². The predicted octanol–water partition coefficient (Wildman–Crippen LogP) is 1.29. The Balaban J connectivity index is 1.71. The zero-order valence-electron chi connectivity index (χ0n) is 12.0. The molecule has 0 saturated carbocycles. The van der Waals surface area contributed by atoms with Crippen molar-refractivity contribution in [3.63, 3.8) is 0 Å². The maximum absolute atomic E-state index is 7.41. The van der Waals surface area contributed by atoms with Crippen LogP contribution in [0.4, 0.5) is 5.82 Å². The van der Waals surface area contributed by atoms with E-state index in [0.717, 1.165) is 30.9 Å². The quantitative estimate of drug-likeness (QED) is 0.629. The van der Waals surface area contributed by atoms with E-state index in [9.17, 15) is 0 Å². The monoisotopic (exact) mass is 273 g/mol. The largest absolute Gasteiger partial charge is 0.384 e. The summed E-state index contributed by atoms with van der Waals surface area (Å²) in [5, 5.41) is 7.41. The lowest BCUT2D eigenvalue weighted by molar-refractivity contribution is 0.102. The molecule has 2 atom stereocenters. The third-order valence-corrected chi connectivity index (χ3v) is 4.73. The first-order valence-electron chi connectivity index (χ1n) is 7.41. The molecule has 0 spiro atoms. The molecule has 2 unspecified atom stereocenters. The zero-order valence-corrected chi connectivity index (χ0v) is 12.0. The lowest BCUT2D eigenvalue weighted by atomic mass is 9.84. The minimum atomic E-state index is 0.0802. The van der Waals surface area contributed by atoms with E-state index >= 15 is 0 Å². The molecule has 3 N–H and O–H groups in total. The van der Waals surface area contributed by atoms with Crippen LogP contribution in [0.3, 0.4) is 0 Å². The van der Waals surface area contributed by atoms with Gasteiger partial charge in [-0.05, 0) is 50.9 Å². The minimum absolute atomic E-state index is 0.0802. The number of hydrogen-bond donors (Lipinski definition) is 2. The van der Waals surface area contributed by atoms with Crippen LogP contribution in [0.25, 0.3) is 0 Å². The summed E-state index contributed by atoms with van der Waals surface area (Å²) in [4.78, 5) is 9.38. The maximum Gasteiger partial charge on any atom is 0.128 e. The van der Waals surface area contributed by atoms with Crippen LogP contribution >= 0.6 is 0 Å². The van der Waals surface area contributed by atoms with Gasteiger partial charge in [-0.1, -0.05) is 0 Å². The van der Waals surface area contributed by atoms with Crippen molar-refractivity contribution in [2.24, 2.45) is 11.7 Å². The van der Waals surface area contributed by atoms with Gasteiger partial charge in [-0.3, -0.25) is 5.41 Å². The van der Waals surface area contributed by atoms with Gasteiger partial charge in [0.05, 0.1) is 0 Å². The number of pyridine rings is 1. The number of nitrogens with two attached hydrogens (primary N) is 1. The van der Waals surface area contributed by atoms with E-state index in [-0.39, 0.29) is 5.84 Å². The van der Waals surface area contributed by atoms with Crippen molar-refractivity contribution in [1.82, 2.24) is 9.88 Å². The number of fused-ring (bicyclic) bond motifs is 1. The minimum Gasteiger partial charge on any atom is -0.384 e. The van der Waals surface area contributed by atoms with Crippen LogP contribution < -0.4 is 10.6 Å². The SMILES string of the molecule is CN1CCCC2CN(c3ccc(C(=N)N)cn3)CCC21. The number of likely N-dealkylation sites (tertiary alicyclic amines) is 1. The van der Waals surface area contributed by atoms with Crippen LogP contribution in [-0.4, -0.2) is 48.4 Å². The van der Waals surface area contributed by atoms with Gasteiger partial charge in [-0.2, -0.15) is 0 Å². The van der Waals surface area contributed by atoms with Gasteiger partial charge in [0.25, 0.3) is 0 Å². The third-order valence-electron chi connectivity index (χ3n) is 4.73. The molecule has 5 heteroatoms. The molecule has 108 valence electrons. The number of nitrogens with zero attached hydrogens (tertiary/aromatic N) is 3. The standard InChI is InChI=1S/C15H23N5/c1-19-7-2-3-12-10-20(8-6-13(12)19)14-5-4-11(9-18-14)15(16)17/h4-5,9,12-13H,2-3,6-8,10H2,1H3,(H3,16,17). The fraction of sp³-hybridized carbons (Fsp3) is 0.600. The highest BCUT2D eigenvalue weighted by molar-refractivity contribution is 5.94. The Morgan fingerprint density at radius 2 is 2.20 bits per heavy atom. The van der Waals surface area contributed by atoms with Crippen molar-refractivity contribution in [1.29, 1.82) is 5.41 Å². The van der Waals surface area contributed by atoms with E-state index in [2.05, 4.69) is 21.8 Å². The smallest absolute Gasteiger partial charge is 0.128 e. The summed E-state index contributed by atoms with van der Waals surface area (Å²) in [5.41, 5.74) is 6.16. The highest BCUT2D eigenvalue weighted by atomic mass is 15.2. The number of amidine groups is 1. The molecule has 2 fully saturated rings. The molecule has 0 aliphatic carbocycles. The normalized spacial score (nSPS) is 27.1. The first-order valence-corrected chi connectivity index (χ1v) is 7.41. The number of aromatic nitrogens is 1. The van der Waals surface area contributed by atoms with Crippen molar-refractivity contribution in [2.75, 3.05) is 31.6 Å². The Labute approximate surface area is 120 Å². The molecule has 0 bridgehead atoms. The van der Waals surface area contributed by atoms with Crippen LogP contribution in [-0.2, 0) is 0 Å². The highest BCUT2D eigenvalue weighted by Crippen LogP contribution is 2.31. The van der Waals surface area contributed by atoms with Crippen molar-refractivity contribution in [3.05, 3.63) is 23.9 Å². The molecule has 2 saturated heterocycles. The van der Waals surface area contributed by atoms with Gasteiger partial charge in [0, 0.05) is 30.9 Å². The van der Waals surface area contributed by atoms with Crippen molar-refractivity contribution < 1.29 is 0 Å². The molecule has 5 nitrogen and oxygen atoms in total. The van der Waals surface area contributed by atoms with Gasteiger partial charge in [-0.25, -0.2) is 4.98 Å². The van der Waals surface area contributed by atoms with E-state index < -0.39 is 0 Å². The number of nitrogens with one attached hydrogen (secondary N) is 1. The molecule has 2 aliphatic rings. The average Bonchev–Trinajstić information content (AvgIpc) is 2.47. The Kier molecular flexibility index (Phi) is 3.61. The fourth-order valence-corrected chi connectivity index (χ4v) is 3.59. The Morgan fingerprint density at radius 1 is 1.35 bits per heavy atom. The molecule has 1 aromatic heterocycles. The van der Waals surface area contributed by atoms with E-state index in [1.54, 1.807) is 6.20 Å². The predicted molar refractivity (Wildman–Crippen MR) is 81.2 cm³/mol. The zero-order chi connectivity index (χ0) is 14.1. The summed E-state index contributed by atoms with van der Waals surface area (Å²) in [6.07, 6.45) is 5.56. The Morgan fingerprint density at radius 3 is 2.90 bits per heavy atom. The first-order chi connectivity index (χ1) is 9.65. The van der Waals surface area contributed by atoms with Crippen LogP contribution in [0.15, 0.2) is 18.3 Å². The fourth-order valence-electron chi connectivity index (χ4n) is 3.59. The number of piperidine rings is 2. The summed E-state index contributed by atoms with van der Waals surface area (Å²) in [7, 11) is 2.26. The second-order valence-corrected chi connectivity index (χ2v) is 6.00. The molecule has 0 aromatic carbocycles. The van der Waals surface area contributed by atoms with Crippen molar-refractivity contribution in [2.45, 2.75) is 25.3 Å². The first kappa shape index (κ1) is 13.4. The van der Waals surface area contributed by atoms with Gasteiger partial charge in [0.1, 0.15) is 11.7 Å². The number of anilines is 1. The summed E-state index contributed by atoms with van der Waals surface area (Å²) in [5.74, 6) is 1.86. The van der Waals surface area contributed by atoms with Crippen LogP contribution in [0.5, 0.6) is 0 Å². The highest BCUT2D eigenvalue weighted by Gasteiger charge is 2.34. The van der Waals surface area contributed by atoms with Crippen LogP contribution in [0.1, 0.15) is 24.8 Å². The summed E-state index contributed by atoms with van der Waals surface area (Å²) < 4.78 is 0. The lowest BCUT2D eigenvalue weighted by Crippen LogP contribution is -2.52. The molecule has 0 radical (unpaired) electrons. The Hall–Kier alpha value is -1.62.